The predicted molar refractivity (Wildman–Crippen MR) is 106 cm³/mol. The van der Waals surface area contributed by atoms with Gasteiger partial charge < -0.3 is 5.73 Å². The fourth-order valence-corrected chi connectivity index (χ4v) is 3.60. The van der Waals surface area contributed by atoms with Crippen molar-refractivity contribution in [3.8, 4) is 20.9 Å². The van der Waals surface area contributed by atoms with Crippen LogP contribution in [-0.4, -0.2) is 13.7 Å². The first-order chi connectivity index (χ1) is 12.7. The van der Waals surface area contributed by atoms with Crippen molar-refractivity contribution in [3.63, 3.8) is 0 Å². The van der Waals surface area contributed by atoms with Crippen molar-refractivity contribution in [1.29, 1.82) is 0 Å². The maximum absolute atomic E-state index is 10.6. The van der Waals surface area contributed by atoms with Crippen molar-refractivity contribution in [2.75, 3.05) is 5.73 Å². The van der Waals surface area contributed by atoms with Crippen LogP contribution in [0.3, 0.4) is 0 Å². The molecule has 6 nitrogen and oxygen atoms in total. The van der Waals surface area contributed by atoms with Gasteiger partial charge in [-0.3, -0.25) is 10.1 Å². The van der Waals surface area contributed by atoms with E-state index in [1.807, 2.05) is 60.7 Å². The number of benzene rings is 2. The van der Waals surface area contributed by atoms with Crippen molar-refractivity contribution in [1.82, 2.24) is 8.75 Å². The zero-order chi connectivity index (χ0) is 18.4. The van der Waals surface area contributed by atoms with Crippen molar-refractivity contribution >= 4 is 34.4 Å². The summed E-state index contributed by atoms with van der Waals surface area (Å²) in [5, 5.41) is 10.6. The van der Waals surface area contributed by atoms with Crippen LogP contribution >= 0.6 is 23.1 Å². The molecule has 0 atom stereocenters. The van der Waals surface area contributed by atoms with Crippen LogP contribution in [0.15, 0.2) is 73.1 Å². The number of aromatic nitrogens is 2. The van der Waals surface area contributed by atoms with E-state index in [2.05, 4.69) is 8.75 Å². The minimum atomic E-state index is -0.411. The van der Waals surface area contributed by atoms with Gasteiger partial charge in [0.15, 0.2) is 0 Å². The maximum atomic E-state index is 10.6. The summed E-state index contributed by atoms with van der Waals surface area (Å²) in [7, 11) is 0. The fraction of sp³-hybridized carbons (Fsp3) is 0. The van der Waals surface area contributed by atoms with Gasteiger partial charge in [0.1, 0.15) is 11.1 Å². The third kappa shape index (κ3) is 5.28. The van der Waals surface area contributed by atoms with E-state index in [1.165, 1.54) is 17.7 Å². The molecular weight excluding hydrogens is 475 g/mol. The van der Waals surface area contributed by atoms with Crippen LogP contribution in [0.5, 0.6) is 0 Å². The summed E-state index contributed by atoms with van der Waals surface area (Å²) < 4.78 is 7.83. The molecule has 140 valence electrons. The smallest absolute Gasteiger partial charge is 0.307 e. The molecule has 0 saturated heterocycles. The minimum absolute atomic E-state index is 0. The monoisotopic (exact) mass is 488 g/mol. The van der Waals surface area contributed by atoms with Gasteiger partial charge in [0.05, 0.1) is 21.7 Å². The molecule has 0 amide bonds. The van der Waals surface area contributed by atoms with Crippen molar-refractivity contribution < 1.29 is 25.3 Å². The zero-order valence-electron chi connectivity index (χ0n) is 13.8. The summed E-state index contributed by atoms with van der Waals surface area (Å²) in [5.74, 6) is 0. The van der Waals surface area contributed by atoms with Crippen molar-refractivity contribution in [3.05, 3.63) is 83.2 Å². The first kappa shape index (κ1) is 20.9. The first-order valence-electron chi connectivity index (χ1n) is 7.57. The van der Waals surface area contributed by atoms with Crippen LogP contribution in [0, 0.1) is 10.1 Å². The molecule has 4 rings (SSSR count). The Morgan fingerprint density at radius 1 is 0.815 bits per heavy atom. The van der Waals surface area contributed by atoms with Crippen molar-refractivity contribution in [2.45, 2.75) is 0 Å². The first-order valence-corrected chi connectivity index (χ1v) is 9.11. The molecule has 0 aliphatic heterocycles. The Labute approximate surface area is 177 Å². The van der Waals surface area contributed by atoms with Crippen molar-refractivity contribution in [2.24, 2.45) is 0 Å². The van der Waals surface area contributed by atoms with E-state index in [1.54, 1.807) is 6.20 Å². The van der Waals surface area contributed by atoms with Gasteiger partial charge >= 0.3 is 5.69 Å². The number of nitrogens with zero attached hydrogens (tertiary/aromatic N) is 3. The summed E-state index contributed by atoms with van der Waals surface area (Å²) in [4.78, 5) is 11.9. The van der Waals surface area contributed by atoms with Gasteiger partial charge in [-0.25, -0.2) is 0 Å². The average molecular weight is 489 g/mol. The second kappa shape index (κ2) is 10.0. The van der Waals surface area contributed by atoms with E-state index in [0.717, 1.165) is 33.2 Å². The molecular formula is C18H14N4O2PdS2. The van der Waals surface area contributed by atoms with Crippen LogP contribution in [0.4, 0.5) is 11.4 Å². The fourth-order valence-electron chi connectivity index (χ4n) is 2.21. The molecule has 0 aliphatic carbocycles. The van der Waals surface area contributed by atoms with Gasteiger partial charge in [-0.2, -0.15) is 8.75 Å². The SMILES string of the molecule is Nc1cnsc1-c1ccccc1.O=[N+]([O-])c1cnsc1-c1ccccc1.[Pd]. The Bertz CT molecular complexity index is 991. The Balaban J connectivity index is 0.000000189. The van der Waals surface area contributed by atoms with Gasteiger partial charge in [0.25, 0.3) is 0 Å². The van der Waals surface area contributed by atoms with Gasteiger partial charge in [0, 0.05) is 26.0 Å². The van der Waals surface area contributed by atoms with E-state index in [-0.39, 0.29) is 26.1 Å². The number of nitrogens with two attached hydrogens (primary N) is 1. The number of rotatable bonds is 3. The maximum Gasteiger partial charge on any atom is 0.307 e. The molecule has 0 spiro atoms. The van der Waals surface area contributed by atoms with Gasteiger partial charge in [-0.1, -0.05) is 60.7 Å². The van der Waals surface area contributed by atoms with E-state index >= 15 is 0 Å². The van der Waals surface area contributed by atoms with Crippen LogP contribution in [0.2, 0.25) is 0 Å². The quantitative estimate of drug-likeness (QED) is 0.246. The summed E-state index contributed by atoms with van der Waals surface area (Å²) in [6, 6.07) is 19.3. The molecule has 2 aromatic heterocycles. The Hall–Kier alpha value is -2.44. The molecule has 9 heteroatoms. The third-order valence-corrected chi connectivity index (χ3v) is 5.12. The van der Waals surface area contributed by atoms with Crippen LogP contribution in [-0.2, 0) is 20.4 Å². The number of anilines is 1. The number of nitro groups is 1. The number of nitrogen functional groups attached to an aromatic ring is 1. The van der Waals surface area contributed by atoms with Gasteiger partial charge in [-0.15, -0.1) is 0 Å². The molecule has 0 radical (unpaired) electrons. The molecule has 2 aromatic carbocycles. The van der Waals surface area contributed by atoms with E-state index in [9.17, 15) is 10.1 Å². The second-order valence-electron chi connectivity index (χ2n) is 5.14. The van der Waals surface area contributed by atoms with E-state index < -0.39 is 4.92 Å². The van der Waals surface area contributed by atoms with Crippen LogP contribution in [0.25, 0.3) is 20.9 Å². The Morgan fingerprint density at radius 2 is 1.30 bits per heavy atom. The van der Waals surface area contributed by atoms with Gasteiger partial charge in [-0.05, 0) is 28.6 Å². The summed E-state index contributed by atoms with van der Waals surface area (Å²) in [5.41, 5.74) is 8.52. The molecule has 2 N–H and O–H groups in total. The second-order valence-corrected chi connectivity index (χ2v) is 6.74. The van der Waals surface area contributed by atoms with Crippen LogP contribution in [0.1, 0.15) is 0 Å². The van der Waals surface area contributed by atoms with E-state index in [0.29, 0.717) is 4.88 Å². The molecule has 4 aromatic rings. The number of hydrogen-bond acceptors (Lipinski definition) is 7. The standard InChI is InChI=1S/C9H6N2O2S.C9H8N2S.Pd/c12-11(13)8-6-10-14-9(8)7-4-2-1-3-5-7;10-8-6-11-12-9(8)7-4-2-1-3-5-7;/h1-6H;1-6H,10H2;. The van der Waals surface area contributed by atoms with Gasteiger partial charge in [0.2, 0.25) is 0 Å². The summed E-state index contributed by atoms with van der Waals surface area (Å²) >= 11 is 2.57. The molecule has 0 saturated carbocycles. The molecule has 0 unspecified atom stereocenters. The predicted octanol–water partition coefficient (Wildman–Crippen LogP) is 5.11. The zero-order valence-corrected chi connectivity index (χ0v) is 17.0. The molecule has 2 heterocycles. The molecule has 0 aliphatic rings. The van der Waals surface area contributed by atoms with Crippen LogP contribution < -0.4 is 5.73 Å². The molecule has 0 fully saturated rings. The molecule has 27 heavy (non-hydrogen) atoms. The average Bonchev–Trinajstić information content (AvgIpc) is 3.33. The normalized spacial score (nSPS) is 9.63. The largest absolute Gasteiger partial charge is 0.396 e. The number of hydrogen-bond donors (Lipinski definition) is 1. The molecule has 0 bridgehead atoms. The Kier molecular flexibility index (Phi) is 7.76. The Morgan fingerprint density at radius 3 is 1.78 bits per heavy atom. The van der Waals surface area contributed by atoms with E-state index in [4.69, 9.17) is 5.73 Å². The topological polar surface area (TPSA) is 94.9 Å². The third-order valence-electron chi connectivity index (χ3n) is 3.42. The summed E-state index contributed by atoms with van der Waals surface area (Å²) in [6.07, 6.45) is 2.97. The minimum Gasteiger partial charge on any atom is -0.396 e. The summed E-state index contributed by atoms with van der Waals surface area (Å²) in [6.45, 7) is 0.